The summed E-state index contributed by atoms with van der Waals surface area (Å²) in [6.45, 7) is 3.96. The van der Waals surface area contributed by atoms with E-state index in [0.717, 1.165) is 16.8 Å². The van der Waals surface area contributed by atoms with Crippen molar-refractivity contribution < 1.29 is 9.53 Å². The molecule has 2 aromatic rings. The lowest BCUT2D eigenvalue weighted by Crippen LogP contribution is -2.20. The highest BCUT2D eigenvalue weighted by molar-refractivity contribution is 6.32. The first-order chi connectivity index (χ1) is 9.99. The summed E-state index contributed by atoms with van der Waals surface area (Å²) in [6.07, 6.45) is 0. The van der Waals surface area contributed by atoms with E-state index in [2.05, 4.69) is 10.6 Å². The van der Waals surface area contributed by atoms with Gasteiger partial charge in [0, 0.05) is 11.4 Å². The van der Waals surface area contributed by atoms with Gasteiger partial charge in [-0.2, -0.15) is 0 Å². The molecule has 2 amide bonds. The SMILES string of the molecule is COc1ccc(NC(=O)Nc2ccc(C)cc2C)cc1Cl. The average molecular weight is 305 g/mol. The first-order valence-corrected chi connectivity index (χ1v) is 6.86. The summed E-state index contributed by atoms with van der Waals surface area (Å²) in [4.78, 5) is 12.0. The van der Waals surface area contributed by atoms with Crippen molar-refractivity contribution in [1.29, 1.82) is 0 Å². The van der Waals surface area contributed by atoms with Gasteiger partial charge in [-0.15, -0.1) is 0 Å². The van der Waals surface area contributed by atoms with Gasteiger partial charge in [0.25, 0.3) is 0 Å². The molecule has 0 spiro atoms. The van der Waals surface area contributed by atoms with Crippen LogP contribution < -0.4 is 15.4 Å². The summed E-state index contributed by atoms with van der Waals surface area (Å²) < 4.78 is 5.07. The summed E-state index contributed by atoms with van der Waals surface area (Å²) in [7, 11) is 1.54. The van der Waals surface area contributed by atoms with Crippen LogP contribution in [0.5, 0.6) is 5.75 Å². The topological polar surface area (TPSA) is 50.4 Å². The van der Waals surface area contributed by atoms with Gasteiger partial charge < -0.3 is 15.4 Å². The van der Waals surface area contributed by atoms with Crippen LogP contribution in [0.3, 0.4) is 0 Å². The molecule has 0 unspecified atom stereocenters. The highest BCUT2D eigenvalue weighted by Crippen LogP contribution is 2.27. The summed E-state index contributed by atoms with van der Waals surface area (Å²) in [6, 6.07) is 10.6. The third-order valence-corrected chi connectivity index (χ3v) is 3.34. The van der Waals surface area contributed by atoms with Gasteiger partial charge in [-0.1, -0.05) is 29.3 Å². The standard InChI is InChI=1S/C16H17ClN2O2/c1-10-4-6-14(11(2)8-10)19-16(20)18-12-5-7-15(21-3)13(17)9-12/h4-9H,1-3H3,(H2,18,19,20). The minimum Gasteiger partial charge on any atom is -0.495 e. The van der Waals surface area contributed by atoms with Crippen molar-refractivity contribution in [3.05, 3.63) is 52.5 Å². The fourth-order valence-electron chi connectivity index (χ4n) is 1.98. The minimum absolute atomic E-state index is 0.316. The normalized spacial score (nSPS) is 10.1. The molecule has 0 aliphatic carbocycles. The quantitative estimate of drug-likeness (QED) is 0.870. The number of rotatable bonds is 3. The molecule has 0 aliphatic heterocycles. The maximum atomic E-state index is 12.0. The molecule has 0 atom stereocenters. The summed E-state index contributed by atoms with van der Waals surface area (Å²) >= 11 is 6.02. The molecule has 4 nitrogen and oxygen atoms in total. The molecule has 0 saturated carbocycles. The lowest BCUT2D eigenvalue weighted by Gasteiger charge is -2.11. The second-order valence-electron chi connectivity index (χ2n) is 4.75. The first kappa shape index (κ1) is 15.2. The molecular formula is C16H17ClN2O2. The largest absolute Gasteiger partial charge is 0.495 e. The minimum atomic E-state index is -0.316. The molecule has 0 radical (unpaired) electrons. The highest BCUT2D eigenvalue weighted by atomic mass is 35.5. The van der Waals surface area contributed by atoms with Crippen LogP contribution in [-0.2, 0) is 0 Å². The zero-order chi connectivity index (χ0) is 15.4. The second kappa shape index (κ2) is 6.50. The van der Waals surface area contributed by atoms with E-state index in [0.29, 0.717) is 16.5 Å². The molecule has 110 valence electrons. The number of urea groups is 1. The molecule has 2 N–H and O–H groups in total. The number of amides is 2. The Bertz CT molecular complexity index is 671. The average Bonchev–Trinajstić information content (AvgIpc) is 2.42. The second-order valence-corrected chi connectivity index (χ2v) is 5.15. The number of hydrogen-bond donors (Lipinski definition) is 2. The number of aryl methyl sites for hydroxylation is 2. The van der Waals surface area contributed by atoms with Crippen molar-refractivity contribution in [2.75, 3.05) is 17.7 Å². The van der Waals surface area contributed by atoms with Crippen molar-refractivity contribution in [1.82, 2.24) is 0 Å². The van der Waals surface area contributed by atoms with Crippen LogP contribution in [0.1, 0.15) is 11.1 Å². The Morgan fingerprint density at radius 2 is 1.86 bits per heavy atom. The van der Waals surface area contributed by atoms with Crippen molar-refractivity contribution in [3.63, 3.8) is 0 Å². The predicted molar refractivity (Wildman–Crippen MR) is 86.6 cm³/mol. The fraction of sp³-hybridized carbons (Fsp3) is 0.188. The van der Waals surface area contributed by atoms with Crippen molar-refractivity contribution >= 4 is 29.0 Å². The summed E-state index contributed by atoms with van der Waals surface area (Å²) in [5.41, 5.74) is 3.54. The number of carbonyl (C=O) groups excluding carboxylic acids is 1. The number of hydrogen-bond acceptors (Lipinski definition) is 2. The lowest BCUT2D eigenvalue weighted by molar-refractivity contribution is 0.262. The van der Waals surface area contributed by atoms with Crippen LogP contribution in [-0.4, -0.2) is 13.1 Å². The number of nitrogens with one attached hydrogen (secondary N) is 2. The molecular weight excluding hydrogens is 288 g/mol. The van der Waals surface area contributed by atoms with Crippen molar-refractivity contribution in [2.24, 2.45) is 0 Å². The number of carbonyl (C=O) groups is 1. The Labute approximate surface area is 129 Å². The van der Waals surface area contributed by atoms with E-state index in [4.69, 9.17) is 16.3 Å². The van der Waals surface area contributed by atoms with Gasteiger partial charge in [0.05, 0.1) is 12.1 Å². The molecule has 0 bridgehead atoms. The monoisotopic (exact) mass is 304 g/mol. The molecule has 2 aromatic carbocycles. The van der Waals surface area contributed by atoms with Crippen LogP contribution in [0.4, 0.5) is 16.2 Å². The molecule has 0 heterocycles. The number of methoxy groups -OCH3 is 1. The van der Waals surface area contributed by atoms with E-state index in [1.807, 2.05) is 32.0 Å². The maximum absolute atomic E-state index is 12.0. The van der Waals surface area contributed by atoms with Crippen LogP contribution in [0.25, 0.3) is 0 Å². The van der Waals surface area contributed by atoms with Gasteiger partial charge >= 0.3 is 6.03 Å². The smallest absolute Gasteiger partial charge is 0.323 e. The maximum Gasteiger partial charge on any atom is 0.323 e. The number of benzene rings is 2. The Morgan fingerprint density at radius 1 is 1.10 bits per heavy atom. The molecule has 0 fully saturated rings. The van der Waals surface area contributed by atoms with E-state index in [-0.39, 0.29) is 6.03 Å². The van der Waals surface area contributed by atoms with Crippen LogP contribution in [0.15, 0.2) is 36.4 Å². The molecule has 0 saturated heterocycles. The first-order valence-electron chi connectivity index (χ1n) is 6.48. The number of ether oxygens (including phenoxy) is 1. The Kier molecular flexibility index (Phi) is 4.70. The summed E-state index contributed by atoms with van der Waals surface area (Å²) in [5, 5.41) is 5.99. The number of anilines is 2. The van der Waals surface area contributed by atoms with Crippen LogP contribution in [0, 0.1) is 13.8 Å². The van der Waals surface area contributed by atoms with Gasteiger partial charge in [-0.25, -0.2) is 4.79 Å². The third kappa shape index (κ3) is 3.89. The fourth-order valence-corrected chi connectivity index (χ4v) is 2.24. The van der Waals surface area contributed by atoms with Crippen LogP contribution >= 0.6 is 11.6 Å². The van der Waals surface area contributed by atoms with Crippen LogP contribution in [0.2, 0.25) is 5.02 Å². The Morgan fingerprint density at radius 3 is 2.48 bits per heavy atom. The van der Waals surface area contributed by atoms with Gasteiger partial charge in [0.1, 0.15) is 5.75 Å². The Balaban J connectivity index is 2.06. The highest BCUT2D eigenvalue weighted by Gasteiger charge is 2.07. The molecule has 0 aliphatic rings. The van der Waals surface area contributed by atoms with Crippen molar-refractivity contribution in [2.45, 2.75) is 13.8 Å². The lowest BCUT2D eigenvalue weighted by atomic mass is 10.1. The van der Waals surface area contributed by atoms with Gasteiger partial charge in [-0.05, 0) is 43.7 Å². The van der Waals surface area contributed by atoms with E-state index in [1.54, 1.807) is 25.3 Å². The van der Waals surface area contributed by atoms with E-state index >= 15 is 0 Å². The van der Waals surface area contributed by atoms with Gasteiger partial charge in [-0.3, -0.25) is 0 Å². The summed E-state index contributed by atoms with van der Waals surface area (Å²) in [5.74, 6) is 0.567. The van der Waals surface area contributed by atoms with E-state index < -0.39 is 0 Å². The molecule has 5 heteroatoms. The zero-order valence-corrected chi connectivity index (χ0v) is 12.9. The van der Waals surface area contributed by atoms with E-state index in [1.165, 1.54) is 0 Å². The molecule has 0 aromatic heterocycles. The Hall–Kier alpha value is -2.20. The molecule has 2 rings (SSSR count). The van der Waals surface area contributed by atoms with Gasteiger partial charge in [0.15, 0.2) is 0 Å². The third-order valence-electron chi connectivity index (χ3n) is 3.04. The number of halogens is 1. The zero-order valence-electron chi connectivity index (χ0n) is 12.2. The predicted octanol–water partition coefficient (Wildman–Crippen LogP) is 4.61. The molecule has 21 heavy (non-hydrogen) atoms. The van der Waals surface area contributed by atoms with Crippen molar-refractivity contribution in [3.8, 4) is 5.75 Å². The van der Waals surface area contributed by atoms with E-state index in [9.17, 15) is 4.79 Å². The van der Waals surface area contributed by atoms with Gasteiger partial charge in [0.2, 0.25) is 0 Å².